The van der Waals surface area contributed by atoms with Crippen LogP contribution in [0.2, 0.25) is 0 Å². The molecule has 2 rings (SSSR count). The number of hydrogen-bond donors (Lipinski definition) is 1. The van der Waals surface area contributed by atoms with E-state index in [2.05, 4.69) is 38.9 Å². The zero-order valence-electron chi connectivity index (χ0n) is 10.8. The highest BCUT2D eigenvalue weighted by atomic mass is 16.5. The largest absolute Gasteiger partial charge is 0.356 e. The van der Waals surface area contributed by atoms with Crippen molar-refractivity contribution >= 4 is 0 Å². The van der Waals surface area contributed by atoms with Crippen LogP contribution >= 0.6 is 0 Å². The lowest BCUT2D eigenvalue weighted by Gasteiger charge is -2.13. The van der Waals surface area contributed by atoms with E-state index < -0.39 is 0 Å². The minimum Gasteiger partial charge on any atom is -0.356 e. The number of aromatic nitrogens is 1. The first-order chi connectivity index (χ1) is 8.06. The van der Waals surface area contributed by atoms with Crippen molar-refractivity contribution in [2.75, 3.05) is 0 Å². The number of nitrogens with two attached hydrogens (primary N) is 1. The Hall–Kier alpha value is -1.61. The van der Waals surface area contributed by atoms with Gasteiger partial charge in [-0.25, -0.2) is 0 Å². The van der Waals surface area contributed by atoms with E-state index in [-0.39, 0.29) is 0 Å². The summed E-state index contributed by atoms with van der Waals surface area (Å²) in [5.74, 6) is 0.814. The lowest BCUT2D eigenvalue weighted by molar-refractivity contribution is 0.431. The zero-order valence-corrected chi connectivity index (χ0v) is 10.8. The quantitative estimate of drug-likeness (QED) is 0.862. The molecule has 3 nitrogen and oxygen atoms in total. The molecule has 0 atom stereocenters. The van der Waals surface area contributed by atoms with Crippen molar-refractivity contribution in [2.45, 2.75) is 34.2 Å². The highest BCUT2D eigenvalue weighted by molar-refractivity contribution is 5.71. The van der Waals surface area contributed by atoms with Crippen LogP contribution in [-0.4, -0.2) is 5.16 Å². The van der Waals surface area contributed by atoms with Crippen LogP contribution < -0.4 is 5.73 Å². The molecule has 3 heteroatoms. The summed E-state index contributed by atoms with van der Waals surface area (Å²) in [5, 5.41) is 3.86. The van der Waals surface area contributed by atoms with Crippen LogP contribution in [-0.2, 0) is 6.54 Å². The third-order valence-electron chi connectivity index (χ3n) is 3.46. The van der Waals surface area contributed by atoms with Crippen molar-refractivity contribution in [1.82, 2.24) is 5.16 Å². The molecule has 0 saturated heterocycles. The fraction of sp³-hybridized carbons (Fsp3) is 0.357. The van der Waals surface area contributed by atoms with Gasteiger partial charge in [-0.3, -0.25) is 0 Å². The SMILES string of the molecule is Cc1cc(C)c(C)c(-c2oncc2CN)c1C. The third-order valence-corrected chi connectivity index (χ3v) is 3.46. The highest BCUT2D eigenvalue weighted by Crippen LogP contribution is 2.33. The number of nitrogens with zero attached hydrogens (tertiary/aromatic N) is 1. The summed E-state index contributed by atoms with van der Waals surface area (Å²) in [4.78, 5) is 0. The minimum atomic E-state index is 0.449. The second kappa shape index (κ2) is 4.34. The van der Waals surface area contributed by atoms with Gasteiger partial charge in [-0.15, -0.1) is 0 Å². The maximum Gasteiger partial charge on any atom is 0.171 e. The number of rotatable bonds is 2. The Kier molecular flexibility index (Phi) is 3.03. The van der Waals surface area contributed by atoms with Crippen LogP contribution in [0.15, 0.2) is 16.8 Å². The van der Waals surface area contributed by atoms with Crippen molar-refractivity contribution < 1.29 is 4.52 Å². The Balaban J connectivity index is 2.75. The first-order valence-electron chi connectivity index (χ1n) is 5.77. The minimum absolute atomic E-state index is 0.449. The fourth-order valence-electron chi connectivity index (χ4n) is 2.17. The van der Waals surface area contributed by atoms with Gasteiger partial charge in [0.1, 0.15) is 0 Å². The lowest BCUT2D eigenvalue weighted by Crippen LogP contribution is -2.00. The van der Waals surface area contributed by atoms with E-state index in [1.54, 1.807) is 6.20 Å². The molecule has 0 unspecified atom stereocenters. The van der Waals surface area contributed by atoms with Crippen LogP contribution in [0.4, 0.5) is 0 Å². The van der Waals surface area contributed by atoms with Gasteiger partial charge in [0.15, 0.2) is 5.76 Å². The molecule has 17 heavy (non-hydrogen) atoms. The molecule has 0 bridgehead atoms. The van der Waals surface area contributed by atoms with E-state index in [0.29, 0.717) is 6.54 Å². The summed E-state index contributed by atoms with van der Waals surface area (Å²) in [6.07, 6.45) is 1.70. The Morgan fingerprint density at radius 1 is 1.12 bits per heavy atom. The van der Waals surface area contributed by atoms with Gasteiger partial charge in [0.2, 0.25) is 0 Å². The first-order valence-corrected chi connectivity index (χ1v) is 5.77. The molecule has 2 aromatic rings. The van der Waals surface area contributed by atoms with Crippen LogP contribution in [0.5, 0.6) is 0 Å². The molecule has 0 saturated carbocycles. The molecule has 2 N–H and O–H groups in total. The van der Waals surface area contributed by atoms with E-state index >= 15 is 0 Å². The number of benzene rings is 1. The average Bonchev–Trinajstić information content (AvgIpc) is 2.75. The van der Waals surface area contributed by atoms with Gasteiger partial charge in [-0.2, -0.15) is 0 Å². The van der Waals surface area contributed by atoms with Crippen LogP contribution in [0.3, 0.4) is 0 Å². The van der Waals surface area contributed by atoms with Crippen molar-refractivity contribution in [3.05, 3.63) is 40.1 Å². The van der Waals surface area contributed by atoms with Gasteiger partial charge >= 0.3 is 0 Å². The summed E-state index contributed by atoms with van der Waals surface area (Å²) in [6, 6.07) is 2.20. The van der Waals surface area contributed by atoms with Crippen molar-refractivity contribution in [3.63, 3.8) is 0 Å². The van der Waals surface area contributed by atoms with Crippen LogP contribution in [0.1, 0.15) is 27.8 Å². The maximum absolute atomic E-state index is 5.71. The van der Waals surface area contributed by atoms with Crippen LogP contribution in [0.25, 0.3) is 11.3 Å². The molecule has 0 aliphatic rings. The van der Waals surface area contributed by atoms with Gasteiger partial charge in [0.25, 0.3) is 0 Å². The number of hydrogen-bond acceptors (Lipinski definition) is 3. The Morgan fingerprint density at radius 2 is 1.71 bits per heavy atom. The Bertz CT molecular complexity index is 529. The molecule has 0 amide bonds. The fourth-order valence-corrected chi connectivity index (χ4v) is 2.17. The van der Waals surface area contributed by atoms with E-state index in [9.17, 15) is 0 Å². The molecular formula is C14H18N2O. The monoisotopic (exact) mass is 230 g/mol. The van der Waals surface area contributed by atoms with E-state index in [0.717, 1.165) is 16.9 Å². The summed E-state index contributed by atoms with van der Waals surface area (Å²) in [7, 11) is 0. The summed E-state index contributed by atoms with van der Waals surface area (Å²) in [5.41, 5.74) is 12.8. The molecule has 0 fully saturated rings. The molecule has 0 spiro atoms. The molecule has 1 heterocycles. The molecule has 1 aromatic heterocycles. The zero-order chi connectivity index (χ0) is 12.6. The normalized spacial score (nSPS) is 10.9. The predicted octanol–water partition coefficient (Wildman–Crippen LogP) is 3.03. The molecular weight excluding hydrogens is 212 g/mol. The second-order valence-electron chi connectivity index (χ2n) is 4.52. The van der Waals surface area contributed by atoms with E-state index in [1.165, 1.54) is 22.3 Å². The van der Waals surface area contributed by atoms with Gasteiger partial charge in [-0.1, -0.05) is 11.2 Å². The maximum atomic E-state index is 5.71. The summed E-state index contributed by atoms with van der Waals surface area (Å²) in [6.45, 7) is 8.90. The Labute approximate surface area is 102 Å². The molecule has 90 valence electrons. The highest BCUT2D eigenvalue weighted by Gasteiger charge is 2.17. The standard InChI is InChI=1S/C14H18N2O/c1-8-5-9(2)11(4)13(10(8)3)14-12(6-15)7-16-17-14/h5,7H,6,15H2,1-4H3. The van der Waals surface area contributed by atoms with E-state index in [4.69, 9.17) is 10.3 Å². The third kappa shape index (κ3) is 1.87. The smallest absolute Gasteiger partial charge is 0.171 e. The van der Waals surface area contributed by atoms with Gasteiger partial charge in [-0.05, 0) is 49.9 Å². The predicted molar refractivity (Wildman–Crippen MR) is 68.8 cm³/mol. The Morgan fingerprint density at radius 3 is 2.24 bits per heavy atom. The average molecular weight is 230 g/mol. The van der Waals surface area contributed by atoms with Crippen molar-refractivity contribution in [2.24, 2.45) is 5.73 Å². The van der Waals surface area contributed by atoms with Gasteiger partial charge in [0.05, 0.1) is 6.20 Å². The van der Waals surface area contributed by atoms with Gasteiger partial charge in [0, 0.05) is 17.7 Å². The van der Waals surface area contributed by atoms with Crippen molar-refractivity contribution in [3.8, 4) is 11.3 Å². The number of aryl methyl sites for hydroxylation is 2. The molecule has 0 radical (unpaired) electrons. The molecule has 0 aliphatic carbocycles. The molecule has 0 aliphatic heterocycles. The van der Waals surface area contributed by atoms with Gasteiger partial charge < -0.3 is 10.3 Å². The molecule has 1 aromatic carbocycles. The summed E-state index contributed by atoms with van der Waals surface area (Å²) >= 11 is 0. The summed E-state index contributed by atoms with van der Waals surface area (Å²) < 4.78 is 5.38. The van der Waals surface area contributed by atoms with Crippen molar-refractivity contribution in [1.29, 1.82) is 0 Å². The van der Waals surface area contributed by atoms with E-state index in [1.807, 2.05) is 0 Å². The first kappa shape index (κ1) is 11.9. The lowest BCUT2D eigenvalue weighted by atomic mass is 9.91. The second-order valence-corrected chi connectivity index (χ2v) is 4.52. The van der Waals surface area contributed by atoms with Crippen LogP contribution in [0, 0.1) is 27.7 Å². The topological polar surface area (TPSA) is 52.0 Å².